The van der Waals surface area contributed by atoms with Gasteiger partial charge < -0.3 is 20.8 Å². The Morgan fingerprint density at radius 2 is 1.00 bits per heavy atom. The lowest BCUT2D eigenvalue weighted by Gasteiger charge is -2.35. The molecule has 1 atom stereocenters. The van der Waals surface area contributed by atoms with Crippen LogP contribution in [0.5, 0.6) is 0 Å². The molecule has 0 aliphatic heterocycles. The van der Waals surface area contributed by atoms with Crippen molar-refractivity contribution in [1.82, 2.24) is 10.6 Å². The predicted octanol–water partition coefficient (Wildman–Crippen LogP) is 3.43. The lowest BCUT2D eigenvalue weighted by atomic mass is 10.1. The molecule has 0 rings (SSSR count). The van der Waals surface area contributed by atoms with E-state index in [-0.39, 0.29) is 45.3 Å². The first kappa shape index (κ1) is 34.1. The predicted molar refractivity (Wildman–Crippen MR) is 103 cm³/mol. The average Bonchev–Trinajstić information content (AvgIpc) is 2.76. The molecule has 0 saturated carbocycles. The smallest absolute Gasteiger partial charge is 0.396 e. The minimum Gasteiger partial charge on any atom is -0.396 e. The monoisotopic (exact) mass is 554 g/mol. The van der Waals surface area contributed by atoms with Crippen LogP contribution in [0.15, 0.2) is 0 Å². The van der Waals surface area contributed by atoms with Crippen molar-refractivity contribution in [1.29, 1.82) is 0 Å². The molecule has 7 nitrogen and oxygen atoms in total. The van der Waals surface area contributed by atoms with Gasteiger partial charge in [0.15, 0.2) is 0 Å². The summed E-state index contributed by atoms with van der Waals surface area (Å²) in [4.78, 5) is 23.0. The Labute approximate surface area is 199 Å². The van der Waals surface area contributed by atoms with E-state index in [2.05, 4.69) is 4.74 Å². The van der Waals surface area contributed by atoms with Crippen molar-refractivity contribution in [3.8, 4) is 0 Å². The lowest BCUT2D eigenvalue weighted by molar-refractivity contribution is -0.455. The number of carbonyl (C=O) groups is 2. The van der Waals surface area contributed by atoms with E-state index in [1.165, 1.54) is 10.6 Å². The van der Waals surface area contributed by atoms with Gasteiger partial charge in [-0.05, 0) is 25.7 Å². The number of hydrogen-bond acceptors (Lipinski definition) is 5. The summed E-state index contributed by atoms with van der Waals surface area (Å²) in [6, 6.07) is 0. The summed E-state index contributed by atoms with van der Waals surface area (Å²) in [5.41, 5.74) is 0. The van der Waals surface area contributed by atoms with Gasteiger partial charge >= 0.3 is 30.0 Å². The molecule has 214 valence electrons. The minimum absolute atomic E-state index is 0.0951. The second kappa shape index (κ2) is 14.2. The van der Waals surface area contributed by atoms with Crippen molar-refractivity contribution in [2.75, 3.05) is 26.3 Å². The molecule has 0 aromatic carbocycles. The van der Waals surface area contributed by atoms with Gasteiger partial charge in [-0.25, -0.2) is 0 Å². The molecule has 17 heteroatoms. The van der Waals surface area contributed by atoms with Gasteiger partial charge in [0.25, 0.3) is 11.8 Å². The maximum absolute atomic E-state index is 14.3. The standard InChI is InChI=1S/C19H28F10N2O5/c20-15(21,13(34)30-9-5-1-3-7-11-32)17(23,24)19(28,29)36-16(22,18(25,26)27)14(35)31-10-6-2-4-8-12-33/h32-33H,1-12H2,(H,30,34)(H,31,35)/t16-/m1/s1. The first-order valence-corrected chi connectivity index (χ1v) is 10.8. The van der Waals surface area contributed by atoms with Crippen molar-refractivity contribution in [2.45, 2.75) is 81.4 Å². The van der Waals surface area contributed by atoms with Crippen molar-refractivity contribution in [3.63, 3.8) is 0 Å². The van der Waals surface area contributed by atoms with Crippen molar-refractivity contribution >= 4 is 11.8 Å². The molecular weight excluding hydrogens is 526 g/mol. The fourth-order valence-electron chi connectivity index (χ4n) is 2.61. The highest BCUT2D eigenvalue weighted by atomic mass is 19.4. The molecule has 0 fully saturated rings. The Hall–Kier alpha value is -1.88. The fraction of sp³-hybridized carbons (Fsp3) is 0.895. The van der Waals surface area contributed by atoms with E-state index in [0.717, 1.165) is 0 Å². The molecule has 0 heterocycles. The summed E-state index contributed by atoms with van der Waals surface area (Å²) in [5, 5.41) is 19.6. The van der Waals surface area contributed by atoms with Gasteiger partial charge in [-0.3, -0.25) is 14.3 Å². The summed E-state index contributed by atoms with van der Waals surface area (Å²) in [5.74, 6) is -25.6. The molecular formula is C19H28F10N2O5. The summed E-state index contributed by atoms with van der Waals surface area (Å²) in [6.45, 7) is -1.90. The number of amides is 2. The summed E-state index contributed by atoms with van der Waals surface area (Å²) in [7, 11) is 0. The zero-order valence-electron chi connectivity index (χ0n) is 18.9. The van der Waals surface area contributed by atoms with Gasteiger partial charge in [-0.1, -0.05) is 25.7 Å². The van der Waals surface area contributed by atoms with E-state index in [1.807, 2.05) is 0 Å². The normalized spacial score (nSPS) is 14.9. The number of alkyl halides is 10. The molecule has 0 radical (unpaired) electrons. The maximum Gasteiger partial charge on any atom is 0.458 e. The third-order valence-corrected chi connectivity index (χ3v) is 4.71. The van der Waals surface area contributed by atoms with Gasteiger partial charge in [0, 0.05) is 26.3 Å². The molecule has 2 amide bonds. The highest BCUT2D eigenvalue weighted by Crippen LogP contribution is 2.50. The summed E-state index contributed by atoms with van der Waals surface area (Å²) in [6.07, 6.45) is -12.3. The van der Waals surface area contributed by atoms with Crippen LogP contribution in [0.1, 0.15) is 51.4 Å². The number of unbranched alkanes of at least 4 members (excludes halogenated alkanes) is 6. The lowest BCUT2D eigenvalue weighted by Crippen LogP contribution is -2.66. The number of nitrogens with one attached hydrogen (secondary N) is 2. The van der Waals surface area contributed by atoms with Gasteiger partial charge in [-0.2, -0.15) is 43.9 Å². The molecule has 0 aliphatic carbocycles. The van der Waals surface area contributed by atoms with E-state index in [1.54, 1.807) is 0 Å². The van der Waals surface area contributed by atoms with E-state index in [9.17, 15) is 53.5 Å². The van der Waals surface area contributed by atoms with Crippen LogP contribution in [0.25, 0.3) is 0 Å². The topological polar surface area (TPSA) is 108 Å². The first-order chi connectivity index (χ1) is 16.4. The summed E-state index contributed by atoms with van der Waals surface area (Å²) >= 11 is 0. The van der Waals surface area contributed by atoms with E-state index >= 15 is 0 Å². The number of halogens is 10. The third-order valence-electron chi connectivity index (χ3n) is 4.71. The Balaban J connectivity index is 5.48. The molecule has 0 unspecified atom stereocenters. The molecule has 0 aromatic rings. The van der Waals surface area contributed by atoms with Gasteiger partial charge in [0.1, 0.15) is 0 Å². The van der Waals surface area contributed by atoms with Crippen LogP contribution in [0, 0.1) is 0 Å². The maximum atomic E-state index is 14.3. The Morgan fingerprint density at radius 1 is 0.611 bits per heavy atom. The Kier molecular flexibility index (Phi) is 13.4. The van der Waals surface area contributed by atoms with Crippen LogP contribution >= 0.6 is 0 Å². The number of carbonyl (C=O) groups excluding carboxylic acids is 2. The van der Waals surface area contributed by atoms with Crippen molar-refractivity contribution in [3.05, 3.63) is 0 Å². The fourth-order valence-corrected chi connectivity index (χ4v) is 2.61. The minimum atomic E-state index is -7.02. The molecule has 0 aromatic heterocycles. The van der Waals surface area contributed by atoms with Crippen LogP contribution in [-0.4, -0.2) is 78.3 Å². The molecule has 0 spiro atoms. The second-order valence-corrected chi connectivity index (χ2v) is 7.65. The number of aliphatic hydroxyl groups is 2. The molecule has 0 bridgehead atoms. The first-order valence-electron chi connectivity index (χ1n) is 10.8. The third kappa shape index (κ3) is 8.90. The molecule has 36 heavy (non-hydrogen) atoms. The van der Waals surface area contributed by atoms with Crippen LogP contribution in [0.4, 0.5) is 43.9 Å². The van der Waals surface area contributed by atoms with Crippen LogP contribution in [-0.2, 0) is 14.3 Å². The molecule has 0 saturated heterocycles. The zero-order chi connectivity index (χ0) is 28.3. The molecule has 0 aliphatic rings. The number of hydrogen-bond donors (Lipinski definition) is 4. The quantitative estimate of drug-likeness (QED) is 0.154. The van der Waals surface area contributed by atoms with Crippen LogP contribution < -0.4 is 10.6 Å². The van der Waals surface area contributed by atoms with Crippen molar-refractivity contribution in [2.24, 2.45) is 0 Å². The van der Waals surface area contributed by atoms with E-state index < -0.39 is 54.9 Å². The van der Waals surface area contributed by atoms with E-state index in [0.29, 0.717) is 19.3 Å². The highest BCUT2D eigenvalue weighted by Gasteiger charge is 2.80. The SMILES string of the molecule is O=C(NCCCCCCO)C(F)(F)C(F)(F)C(F)(F)O[C@](F)(C(=O)NCCCCCCO)C(F)(F)F. The van der Waals surface area contributed by atoms with E-state index in [4.69, 9.17) is 10.2 Å². The van der Waals surface area contributed by atoms with Crippen LogP contribution in [0.2, 0.25) is 0 Å². The Morgan fingerprint density at radius 3 is 1.39 bits per heavy atom. The number of rotatable bonds is 18. The average molecular weight is 554 g/mol. The van der Waals surface area contributed by atoms with Gasteiger partial charge in [0.05, 0.1) is 0 Å². The van der Waals surface area contributed by atoms with Crippen LogP contribution in [0.3, 0.4) is 0 Å². The zero-order valence-corrected chi connectivity index (χ0v) is 18.9. The summed E-state index contributed by atoms with van der Waals surface area (Å²) < 4.78 is 139. The number of aliphatic hydroxyl groups excluding tert-OH is 2. The van der Waals surface area contributed by atoms with Crippen molar-refractivity contribution < 1.29 is 68.4 Å². The van der Waals surface area contributed by atoms with Gasteiger partial charge in [-0.15, -0.1) is 0 Å². The van der Waals surface area contributed by atoms with Gasteiger partial charge in [0.2, 0.25) is 0 Å². The second-order valence-electron chi connectivity index (χ2n) is 7.65. The largest absolute Gasteiger partial charge is 0.458 e. The Bertz CT molecular complexity index is 694. The highest BCUT2D eigenvalue weighted by molar-refractivity contribution is 5.85. The number of ether oxygens (including phenoxy) is 1. The molecule has 4 N–H and O–H groups in total.